The summed E-state index contributed by atoms with van der Waals surface area (Å²) in [5.41, 5.74) is -0.00696. The lowest BCUT2D eigenvalue weighted by molar-refractivity contribution is 0.0205. The molecule has 0 aliphatic heterocycles. The van der Waals surface area contributed by atoms with E-state index in [1.165, 1.54) is 6.39 Å². The Morgan fingerprint density at radius 2 is 2.17 bits per heavy atom. The van der Waals surface area contributed by atoms with Gasteiger partial charge in [-0.3, -0.25) is 4.90 Å². The van der Waals surface area contributed by atoms with E-state index in [1.54, 1.807) is 11.8 Å². The van der Waals surface area contributed by atoms with E-state index in [4.69, 9.17) is 13.7 Å². The molecular formula is C16H22N4O4. The van der Waals surface area contributed by atoms with Crippen molar-refractivity contribution in [3.63, 3.8) is 0 Å². The fourth-order valence-electron chi connectivity index (χ4n) is 2.24. The highest BCUT2D eigenvalue weighted by molar-refractivity contribution is 5.68. The zero-order valence-electron chi connectivity index (χ0n) is 14.4. The Hall–Kier alpha value is -2.38. The molecule has 24 heavy (non-hydrogen) atoms. The Bertz CT molecular complexity index is 712. The minimum atomic E-state index is -0.545. The van der Waals surface area contributed by atoms with Crippen molar-refractivity contribution in [1.29, 1.82) is 0 Å². The summed E-state index contributed by atoms with van der Waals surface area (Å²) >= 11 is 0. The number of aromatic nitrogens is 3. The maximum atomic E-state index is 12.4. The van der Waals surface area contributed by atoms with Crippen LogP contribution in [0.5, 0.6) is 0 Å². The van der Waals surface area contributed by atoms with Crippen molar-refractivity contribution < 1.29 is 18.5 Å². The van der Waals surface area contributed by atoms with E-state index in [0.717, 1.165) is 12.8 Å². The first kappa shape index (κ1) is 16.5. The van der Waals surface area contributed by atoms with Crippen molar-refractivity contribution in [1.82, 2.24) is 20.0 Å². The fraction of sp³-hybridized carbons (Fsp3) is 0.625. The molecule has 130 valence electrons. The van der Waals surface area contributed by atoms with Crippen LogP contribution in [-0.2, 0) is 11.3 Å². The van der Waals surface area contributed by atoms with E-state index >= 15 is 0 Å². The molecule has 1 aliphatic rings. The molecule has 0 radical (unpaired) electrons. The van der Waals surface area contributed by atoms with Gasteiger partial charge in [-0.1, -0.05) is 5.16 Å². The highest BCUT2D eigenvalue weighted by Gasteiger charge is 2.30. The number of hydrogen-bond acceptors (Lipinski definition) is 7. The largest absolute Gasteiger partial charge is 0.448 e. The lowest BCUT2D eigenvalue weighted by Crippen LogP contribution is -2.37. The molecule has 0 N–H and O–H groups in total. The Morgan fingerprint density at radius 3 is 2.75 bits per heavy atom. The smallest absolute Gasteiger partial charge is 0.410 e. The number of hydrogen-bond donors (Lipinski definition) is 0. The molecule has 1 aliphatic carbocycles. The van der Waals surface area contributed by atoms with Crippen LogP contribution in [0.2, 0.25) is 0 Å². The molecule has 1 saturated carbocycles. The molecular weight excluding hydrogens is 312 g/mol. The SMILES string of the molecule is Cc1ocnc1-c1noc(CN(CC2CC2)C(=O)OC(C)(C)C)n1. The maximum Gasteiger partial charge on any atom is 0.410 e. The van der Waals surface area contributed by atoms with Crippen LogP contribution in [0.4, 0.5) is 4.79 Å². The van der Waals surface area contributed by atoms with Crippen LogP contribution < -0.4 is 0 Å². The van der Waals surface area contributed by atoms with E-state index in [1.807, 2.05) is 20.8 Å². The van der Waals surface area contributed by atoms with E-state index in [-0.39, 0.29) is 12.6 Å². The number of carbonyl (C=O) groups is 1. The molecule has 0 saturated heterocycles. The Balaban J connectivity index is 1.71. The average Bonchev–Trinajstić information content (AvgIpc) is 3.00. The van der Waals surface area contributed by atoms with Gasteiger partial charge in [0.2, 0.25) is 11.7 Å². The molecule has 8 heteroatoms. The minimum absolute atomic E-state index is 0.218. The van der Waals surface area contributed by atoms with Gasteiger partial charge in [0.15, 0.2) is 12.1 Å². The molecule has 1 amide bonds. The van der Waals surface area contributed by atoms with Crippen molar-refractivity contribution in [3.05, 3.63) is 18.0 Å². The van der Waals surface area contributed by atoms with Gasteiger partial charge >= 0.3 is 6.09 Å². The summed E-state index contributed by atoms with van der Waals surface area (Å²) in [5.74, 6) is 1.84. The summed E-state index contributed by atoms with van der Waals surface area (Å²) in [7, 11) is 0. The van der Waals surface area contributed by atoms with Gasteiger partial charge in [-0.15, -0.1) is 0 Å². The molecule has 0 unspecified atom stereocenters. The number of rotatable bonds is 5. The van der Waals surface area contributed by atoms with Gasteiger partial charge in [0.1, 0.15) is 17.9 Å². The first-order chi connectivity index (χ1) is 11.3. The van der Waals surface area contributed by atoms with Crippen LogP contribution in [0.1, 0.15) is 45.3 Å². The van der Waals surface area contributed by atoms with E-state index in [9.17, 15) is 4.79 Å². The number of aryl methyl sites for hydroxylation is 1. The lowest BCUT2D eigenvalue weighted by Gasteiger charge is -2.26. The first-order valence-electron chi connectivity index (χ1n) is 8.03. The van der Waals surface area contributed by atoms with Gasteiger partial charge in [-0.05, 0) is 46.5 Å². The summed E-state index contributed by atoms with van der Waals surface area (Å²) in [6, 6.07) is 0. The van der Waals surface area contributed by atoms with Crippen LogP contribution in [0.3, 0.4) is 0 Å². The Kier molecular flexibility index (Phi) is 4.29. The summed E-state index contributed by atoms with van der Waals surface area (Å²) in [6.45, 7) is 8.17. The molecule has 2 aromatic heterocycles. The summed E-state index contributed by atoms with van der Waals surface area (Å²) < 4.78 is 15.9. The zero-order valence-corrected chi connectivity index (χ0v) is 14.4. The topological polar surface area (TPSA) is 94.5 Å². The Morgan fingerprint density at radius 1 is 1.42 bits per heavy atom. The van der Waals surface area contributed by atoms with Crippen molar-refractivity contribution in [2.45, 2.75) is 52.7 Å². The summed E-state index contributed by atoms with van der Waals surface area (Å²) in [6.07, 6.45) is 3.23. The highest BCUT2D eigenvalue weighted by atomic mass is 16.6. The molecule has 8 nitrogen and oxygen atoms in total. The van der Waals surface area contributed by atoms with Crippen LogP contribution >= 0.6 is 0 Å². The molecule has 2 heterocycles. The van der Waals surface area contributed by atoms with Gasteiger partial charge in [0, 0.05) is 6.54 Å². The highest BCUT2D eigenvalue weighted by Crippen LogP contribution is 2.31. The second-order valence-electron chi connectivity index (χ2n) is 7.07. The van der Waals surface area contributed by atoms with Crippen LogP contribution in [0.25, 0.3) is 11.5 Å². The third-order valence-corrected chi connectivity index (χ3v) is 3.58. The fourth-order valence-corrected chi connectivity index (χ4v) is 2.24. The zero-order chi connectivity index (χ0) is 17.3. The number of ether oxygens (including phenoxy) is 1. The molecule has 0 bridgehead atoms. The van der Waals surface area contributed by atoms with Crippen LogP contribution in [-0.4, -0.2) is 38.3 Å². The average molecular weight is 334 g/mol. The van der Waals surface area contributed by atoms with Gasteiger partial charge in [-0.25, -0.2) is 9.78 Å². The second kappa shape index (κ2) is 6.26. The standard InChI is InChI=1S/C16H22N4O4/c1-10-13(17-9-22-10)14-18-12(24-19-14)8-20(7-11-5-6-11)15(21)23-16(2,3)4/h9,11H,5-8H2,1-4H3. The van der Waals surface area contributed by atoms with E-state index in [0.29, 0.717) is 35.6 Å². The first-order valence-corrected chi connectivity index (χ1v) is 8.03. The predicted molar refractivity (Wildman–Crippen MR) is 83.9 cm³/mol. The van der Waals surface area contributed by atoms with Gasteiger partial charge in [0.25, 0.3) is 0 Å². The van der Waals surface area contributed by atoms with Crippen LogP contribution in [0, 0.1) is 12.8 Å². The summed E-state index contributed by atoms with van der Waals surface area (Å²) in [4.78, 5) is 22.4. The predicted octanol–water partition coefficient (Wildman–Crippen LogP) is 3.18. The van der Waals surface area contributed by atoms with Crippen molar-refractivity contribution in [2.24, 2.45) is 5.92 Å². The van der Waals surface area contributed by atoms with E-state index < -0.39 is 5.60 Å². The number of carbonyl (C=O) groups excluding carboxylic acids is 1. The maximum absolute atomic E-state index is 12.4. The van der Waals surface area contributed by atoms with Crippen molar-refractivity contribution in [3.8, 4) is 11.5 Å². The van der Waals surface area contributed by atoms with Gasteiger partial charge < -0.3 is 13.7 Å². The monoisotopic (exact) mass is 334 g/mol. The molecule has 0 atom stereocenters. The Labute approximate surface area is 140 Å². The van der Waals surface area contributed by atoms with Crippen molar-refractivity contribution >= 4 is 6.09 Å². The van der Waals surface area contributed by atoms with Crippen LogP contribution in [0.15, 0.2) is 15.3 Å². The molecule has 1 fully saturated rings. The van der Waals surface area contributed by atoms with E-state index in [2.05, 4.69) is 15.1 Å². The lowest BCUT2D eigenvalue weighted by atomic mass is 10.2. The normalized spacial score (nSPS) is 14.7. The molecule has 0 spiro atoms. The third-order valence-electron chi connectivity index (χ3n) is 3.58. The number of amides is 1. The summed E-state index contributed by atoms with van der Waals surface area (Å²) in [5, 5.41) is 3.91. The number of nitrogens with zero attached hydrogens (tertiary/aromatic N) is 4. The minimum Gasteiger partial charge on any atom is -0.448 e. The number of oxazole rings is 1. The quantitative estimate of drug-likeness (QED) is 0.828. The van der Waals surface area contributed by atoms with Gasteiger partial charge in [-0.2, -0.15) is 4.98 Å². The molecule has 0 aromatic carbocycles. The molecule has 2 aromatic rings. The second-order valence-corrected chi connectivity index (χ2v) is 7.07. The molecule has 3 rings (SSSR count). The van der Waals surface area contributed by atoms with Crippen molar-refractivity contribution in [2.75, 3.05) is 6.54 Å². The van der Waals surface area contributed by atoms with Gasteiger partial charge in [0.05, 0.1) is 0 Å². The third kappa shape index (κ3) is 4.12.